The standard InChI is InChI=1S/C21H24N4O3/c22-15-17-5-7-20(28-17)21(26)23-18-6-4-16(24-10-12-27-13-11-24)14-19(18)25-8-2-1-3-9-25/h4-7,14H,1-3,8-13H2,(H,23,26). The summed E-state index contributed by atoms with van der Waals surface area (Å²) in [6.07, 6.45) is 3.54. The zero-order valence-electron chi connectivity index (χ0n) is 15.8. The van der Waals surface area contributed by atoms with Crippen molar-refractivity contribution in [1.29, 1.82) is 5.26 Å². The molecule has 0 unspecified atom stereocenters. The summed E-state index contributed by atoms with van der Waals surface area (Å²) in [6.45, 7) is 5.17. The normalized spacial score (nSPS) is 17.2. The van der Waals surface area contributed by atoms with Crippen molar-refractivity contribution >= 4 is 23.0 Å². The van der Waals surface area contributed by atoms with Crippen LogP contribution in [0.5, 0.6) is 0 Å². The minimum atomic E-state index is -0.348. The molecule has 4 rings (SSSR count). The molecule has 1 N–H and O–H groups in total. The number of benzene rings is 1. The monoisotopic (exact) mass is 380 g/mol. The van der Waals surface area contributed by atoms with E-state index >= 15 is 0 Å². The molecule has 2 fully saturated rings. The number of carbonyl (C=O) groups is 1. The number of nitriles is 1. The van der Waals surface area contributed by atoms with Crippen LogP contribution in [-0.2, 0) is 4.74 Å². The van der Waals surface area contributed by atoms with E-state index in [4.69, 9.17) is 14.4 Å². The first-order valence-corrected chi connectivity index (χ1v) is 9.77. The van der Waals surface area contributed by atoms with Gasteiger partial charge in [0.15, 0.2) is 5.76 Å². The largest absolute Gasteiger partial charge is 0.440 e. The molecule has 2 aromatic rings. The Kier molecular flexibility index (Phi) is 5.49. The third-order valence-corrected chi connectivity index (χ3v) is 5.24. The van der Waals surface area contributed by atoms with Crippen molar-refractivity contribution in [3.8, 4) is 6.07 Å². The van der Waals surface area contributed by atoms with Gasteiger partial charge in [-0.1, -0.05) is 0 Å². The first-order valence-electron chi connectivity index (χ1n) is 9.77. The third-order valence-electron chi connectivity index (χ3n) is 5.24. The second-order valence-electron chi connectivity index (χ2n) is 7.08. The molecular formula is C21H24N4O3. The summed E-state index contributed by atoms with van der Waals surface area (Å²) in [4.78, 5) is 17.3. The highest BCUT2D eigenvalue weighted by molar-refractivity contribution is 6.04. The van der Waals surface area contributed by atoms with Crippen LogP contribution in [0.3, 0.4) is 0 Å². The number of amides is 1. The van der Waals surface area contributed by atoms with Gasteiger partial charge in [-0.2, -0.15) is 5.26 Å². The molecule has 0 spiro atoms. The summed E-state index contributed by atoms with van der Waals surface area (Å²) < 4.78 is 10.7. The van der Waals surface area contributed by atoms with Crippen molar-refractivity contribution in [3.63, 3.8) is 0 Å². The predicted octanol–water partition coefficient (Wildman–Crippen LogP) is 3.23. The van der Waals surface area contributed by atoms with Crippen molar-refractivity contribution in [2.75, 3.05) is 54.5 Å². The molecule has 28 heavy (non-hydrogen) atoms. The molecule has 1 amide bonds. The molecule has 2 aliphatic rings. The van der Waals surface area contributed by atoms with Crippen molar-refractivity contribution in [3.05, 3.63) is 41.9 Å². The van der Waals surface area contributed by atoms with E-state index in [0.29, 0.717) is 0 Å². The SMILES string of the molecule is N#Cc1ccc(C(=O)Nc2ccc(N3CCOCC3)cc2N2CCCCC2)o1. The number of carbonyl (C=O) groups excluding carboxylic acids is 1. The number of hydrogen-bond donors (Lipinski definition) is 1. The van der Waals surface area contributed by atoms with E-state index in [1.807, 2.05) is 18.2 Å². The van der Waals surface area contributed by atoms with Crippen molar-refractivity contribution in [2.45, 2.75) is 19.3 Å². The predicted molar refractivity (Wildman–Crippen MR) is 107 cm³/mol. The van der Waals surface area contributed by atoms with Crippen LogP contribution in [0.1, 0.15) is 35.6 Å². The molecule has 2 saturated heterocycles. The van der Waals surface area contributed by atoms with Crippen LogP contribution in [0.4, 0.5) is 17.1 Å². The smallest absolute Gasteiger partial charge is 0.291 e. The summed E-state index contributed by atoms with van der Waals surface area (Å²) in [7, 11) is 0. The molecule has 0 aliphatic carbocycles. The van der Waals surface area contributed by atoms with Crippen LogP contribution in [0.25, 0.3) is 0 Å². The molecule has 0 bridgehead atoms. The number of rotatable bonds is 4. The van der Waals surface area contributed by atoms with Gasteiger partial charge in [-0.3, -0.25) is 4.79 Å². The van der Waals surface area contributed by atoms with Gasteiger partial charge in [0.05, 0.1) is 24.6 Å². The average Bonchev–Trinajstić information content (AvgIpc) is 3.25. The molecule has 2 aliphatic heterocycles. The van der Waals surface area contributed by atoms with Crippen molar-refractivity contribution < 1.29 is 13.9 Å². The summed E-state index contributed by atoms with van der Waals surface area (Å²) in [5.41, 5.74) is 2.94. The summed E-state index contributed by atoms with van der Waals surface area (Å²) in [5, 5.41) is 11.9. The quantitative estimate of drug-likeness (QED) is 0.877. The van der Waals surface area contributed by atoms with Crippen LogP contribution in [0, 0.1) is 11.3 Å². The van der Waals surface area contributed by atoms with Crippen LogP contribution in [-0.4, -0.2) is 45.3 Å². The van der Waals surface area contributed by atoms with E-state index in [-0.39, 0.29) is 17.4 Å². The number of piperidine rings is 1. The zero-order valence-corrected chi connectivity index (χ0v) is 15.8. The van der Waals surface area contributed by atoms with E-state index in [1.165, 1.54) is 18.6 Å². The molecule has 0 saturated carbocycles. The van der Waals surface area contributed by atoms with E-state index in [2.05, 4.69) is 21.2 Å². The Labute approximate surface area is 164 Å². The number of hydrogen-bond acceptors (Lipinski definition) is 6. The van der Waals surface area contributed by atoms with E-state index in [9.17, 15) is 4.79 Å². The lowest BCUT2D eigenvalue weighted by Gasteiger charge is -2.33. The summed E-state index contributed by atoms with van der Waals surface area (Å²) >= 11 is 0. The minimum absolute atomic E-state index is 0.129. The third kappa shape index (κ3) is 3.97. The minimum Gasteiger partial charge on any atom is -0.440 e. The fraction of sp³-hybridized carbons (Fsp3) is 0.429. The maximum absolute atomic E-state index is 12.6. The maximum atomic E-state index is 12.6. The first-order chi connectivity index (χ1) is 13.7. The van der Waals surface area contributed by atoms with Gasteiger partial charge in [-0.15, -0.1) is 0 Å². The van der Waals surface area contributed by atoms with E-state index < -0.39 is 0 Å². The number of nitrogens with zero attached hydrogens (tertiary/aromatic N) is 3. The second kappa shape index (κ2) is 8.36. The average molecular weight is 380 g/mol. The highest BCUT2D eigenvalue weighted by Gasteiger charge is 2.20. The Bertz CT molecular complexity index is 874. The molecule has 3 heterocycles. The van der Waals surface area contributed by atoms with Crippen LogP contribution >= 0.6 is 0 Å². The van der Waals surface area contributed by atoms with Gasteiger partial charge < -0.3 is 24.3 Å². The lowest BCUT2D eigenvalue weighted by atomic mass is 10.1. The second-order valence-corrected chi connectivity index (χ2v) is 7.08. The van der Waals surface area contributed by atoms with Gasteiger partial charge in [-0.05, 0) is 49.6 Å². The maximum Gasteiger partial charge on any atom is 0.291 e. The summed E-state index contributed by atoms with van der Waals surface area (Å²) in [6, 6.07) is 11.1. The molecule has 146 valence electrons. The number of morpholine rings is 1. The van der Waals surface area contributed by atoms with E-state index in [1.54, 1.807) is 0 Å². The highest BCUT2D eigenvalue weighted by Crippen LogP contribution is 2.33. The zero-order chi connectivity index (χ0) is 19.3. The number of nitrogens with one attached hydrogen (secondary N) is 1. The van der Waals surface area contributed by atoms with E-state index in [0.717, 1.165) is 69.3 Å². The molecule has 1 aromatic carbocycles. The van der Waals surface area contributed by atoms with Gasteiger partial charge in [0, 0.05) is 31.9 Å². The fourth-order valence-electron chi connectivity index (χ4n) is 3.74. The van der Waals surface area contributed by atoms with Gasteiger partial charge in [-0.25, -0.2) is 0 Å². The number of furan rings is 1. The number of anilines is 3. The van der Waals surface area contributed by atoms with Gasteiger partial charge in [0.1, 0.15) is 6.07 Å². The lowest BCUT2D eigenvalue weighted by Crippen LogP contribution is -2.36. The van der Waals surface area contributed by atoms with Crippen LogP contribution < -0.4 is 15.1 Å². The summed E-state index contributed by atoms with van der Waals surface area (Å²) in [5.74, 6) is -0.0821. The molecular weight excluding hydrogens is 356 g/mol. The Morgan fingerprint density at radius 3 is 2.50 bits per heavy atom. The first kappa shape index (κ1) is 18.4. The van der Waals surface area contributed by atoms with Crippen molar-refractivity contribution in [2.24, 2.45) is 0 Å². The Hall–Kier alpha value is -2.98. The Balaban J connectivity index is 1.61. The molecule has 0 atom stereocenters. The highest BCUT2D eigenvalue weighted by atomic mass is 16.5. The number of ether oxygens (including phenoxy) is 1. The van der Waals surface area contributed by atoms with Crippen LogP contribution in [0.2, 0.25) is 0 Å². The fourth-order valence-corrected chi connectivity index (χ4v) is 3.74. The molecule has 0 radical (unpaired) electrons. The molecule has 1 aromatic heterocycles. The lowest BCUT2D eigenvalue weighted by molar-refractivity contribution is 0.0996. The van der Waals surface area contributed by atoms with Crippen molar-refractivity contribution in [1.82, 2.24) is 0 Å². The van der Waals surface area contributed by atoms with Gasteiger partial charge >= 0.3 is 0 Å². The molecule has 7 heteroatoms. The van der Waals surface area contributed by atoms with Gasteiger partial charge in [0.25, 0.3) is 5.91 Å². The van der Waals surface area contributed by atoms with Crippen LogP contribution in [0.15, 0.2) is 34.7 Å². The topological polar surface area (TPSA) is 81.7 Å². The Morgan fingerprint density at radius 2 is 1.79 bits per heavy atom. The van der Waals surface area contributed by atoms with Gasteiger partial charge in [0.2, 0.25) is 5.76 Å². The molecule has 7 nitrogen and oxygen atoms in total. The Morgan fingerprint density at radius 1 is 1.00 bits per heavy atom.